The largest absolute Gasteiger partial charge is 0.497 e. The van der Waals surface area contributed by atoms with E-state index < -0.39 is 0 Å². The van der Waals surface area contributed by atoms with Crippen molar-refractivity contribution in [1.29, 1.82) is 0 Å². The summed E-state index contributed by atoms with van der Waals surface area (Å²) < 4.78 is 10.8. The highest BCUT2D eigenvalue weighted by Gasteiger charge is 2.08. The van der Waals surface area contributed by atoms with Crippen LogP contribution in [0.2, 0.25) is 0 Å². The smallest absolute Gasteiger partial charge is 0.236 e. The highest BCUT2D eigenvalue weighted by molar-refractivity contribution is 7.13. The van der Waals surface area contributed by atoms with Gasteiger partial charge in [-0.1, -0.05) is 18.2 Å². The molecule has 0 unspecified atom stereocenters. The molecule has 1 aromatic carbocycles. The minimum Gasteiger partial charge on any atom is -0.497 e. The normalized spacial score (nSPS) is 11.4. The second-order valence-electron chi connectivity index (χ2n) is 5.52. The summed E-state index contributed by atoms with van der Waals surface area (Å²) >= 11 is 1.61. The molecule has 3 rings (SSSR count). The van der Waals surface area contributed by atoms with Crippen molar-refractivity contribution in [2.45, 2.75) is 20.0 Å². The Kier molecular flexibility index (Phi) is 6.27. The number of nitrogens with one attached hydrogen (secondary N) is 2. The average Bonchev–Trinajstić information content (AvgIpc) is 3.35. The maximum Gasteiger partial charge on any atom is 0.236 e. The molecule has 0 fully saturated rings. The maximum atomic E-state index is 5.54. The van der Waals surface area contributed by atoms with E-state index in [2.05, 4.69) is 20.6 Å². The van der Waals surface area contributed by atoms with Gasteiger partial charge in [-0.2, -0.15) is 0 Å². The third kappa shape index (κ3) is 4.86. The van der Waals surface area contributed by atoms with Gasteiger partial charge in [-0.05, 0) is 36.1 Å². The van der Waals surface area contributed by atoms with E-state index in [0.717, 1.165) is 34.4 Å². The highest BCUT2D eigenvalue weighted by Crippen LogP contribution is 2.23. The Bertz CT molecular complexity index is 843. The van der Waals surface area contributed by atoms with Crippen LogP contribution in [-0.2, 0) is 13.1 Å². The summed E-state index contributed by atoms with van der Waals surface area (Å²) in [5, 5.41) is 8.53. The molecular weight excluding hydrogens is 348 g/mol. The Morgan fingerprint density at radius 2 is 2.19 bits per heavy atom. The number of hydrogen-bond acceptors (Lipinski definition) is 5. The molecule has 0 bridgehead atoms. The molecule has 26 heavy (non-hydrogen) atoms. The Morgan fingerprint density at radius 1 is 1.27 bits per heavy atom. The van der Waals surface area contributed by atoms with E-state index in [1.54, 1.807) is 24.7 Å². The first-order chi connectivity index (χ1) is 12.8. The first-order valence-corrected chi connectivity index (χ1v) is 9.30. The summed E-state index contributed by atoms with van der Waals surface area (Å²) in [6, 6.07) is 11.9. The average molecular weight is 370 g/mol. The molecule has 0 atom stereocenters. The number of guanidine groups is 1. The molecule has 0 aliphatic heterocycles. The number of methoxy groups -OCH3 is 1. The molecule has 0 aliphatic carbocycles. The monoisotopic (exact) mass is 370 g/mol. The lowest BCUT2D eigenvalue weighted by molar-refractivity contribution is 0.414. The van der Waals surface area contributed by atoms with Crippen LogP contribution in [0.5, 0.6) is 5.75 Å². The minimum absolute atomic E-state index is 0.540. The Morgan fingerprint density at radius 3 is 2.96 bits per heavy atom. The summed E-state index contributed by atoms with van der Waals surface area (Å²) in [5.41, 5.74) is 1.92. The number of aromatic nitrogens is 1. The van der Waals surface area contributed by atoms with Crippen molar-refractivity contribution in [2.24, 2.45) is 4.99 Å². The zero-order valence-corrected chi connectivity index (χ0v) is 15.7. The number of ether oxygens (including phenoxy) is 1. The van der Waals surface area contributed by atoms with Crippen LogP contribution in [0.25, 0.3) is 10.8 Å². The number of benzene rings is 1. The standard InChI is InChI=1S/C19H22N4O2S/c1-3-20-19(21-11-14-6-4-7-16(10-14)24-2)22-12-15-13-25-18(23-15)17-8-5-9-26-17/h4-10,13H,3,11-12H2,1-2H3,(H2,20,21,22). The van der Waals surface area contributed by atoms with E-state index in [-0.39, 0.29) is 0 Å². The van der Waals surface area contributed by atoms with Crippen molar-refractivity contribution in [2.75, 3.05) is 13.7 Å². The number of thiophene rings is 1. The van der Waals surface area contributed by atoms with Crippen molar-refractivity contribution in [1.82, 2.24) is 15.6 Å². The fourth-order valence-electron chi connectivity index (χ4n) is 2.36. The number of aliphatic imine (C=N–C) groups is 1. The van der Waals surface area contributed by atoms with Crippen LogP contribution in [0.15, 0.2) is 57.5 Å². The van der Waals surface area contributed by atoms with Crippen molar-refractivity contribution >= 4 is 17.3 Å². The molecule has 2 aromatic heterocycles. The summed E-state index contributed by atoms with van der Waals surface area (Å²) in [7, 11) is 1.66. The van der Waals surface area contributed by atoms with Gasteiger partial charge in [-0.3, -0.25) is 0 Å². The van der Waals surface area contributed by atoms with E-state index in [1.165, 1.54) is 0 Å². The molecule has 7 heteroatoms. The third-order valence-electron chi connectivity index (χ3n) is 3.62. The second kappa shape index (κ2) is 9.05. The van der Waals surface area contributed by atoms with Crippen LogP contribution in [0.4, 0.5) is 0 Å². The molecule has 2 N–H and O–H groups in total. The quantitative estimate of drug-likeness (QED) is 0.490. The number of hydrogen-bond donors (Lipinski definition) is 2. The van der Waals surface area contributed by atoms with Crippen LogP contribution in [-0.4, -0.2) is 24.6 Å². The summed E-state index contributed by atoms with van der Waals surface area (Å²) in [6.45, 7) is 3.92. The predicted octanol–water partition coefficient (Wildman–Crippen LogP) is 3.67. The Balaban J connectivity index is 1.61. The van der Waals surface area contributed by atoms with Gasteiger partial charge in [-0.25, -0.2) is 9.98 Å². The van der Waals surface area contributed by atoms with Crippen molar-refractivity contribution in [3.8, 4) is 16.5 Å². The van der Waals surface area contributed by atoms with Crippen LogP contribution >= 0.6 is 11.3 Å². The van der Waals surface area contributed by atoms with E-state index in [0.29, 0.717) is 19.0 Å². The Hall–Kier alpha value is -2.80. The molecule has 0 spiro atoms. The zero-order valence-electron chi connectivity index (χ0n) is 14.9. The SMILES string of the molecule is CCNC(=NCc1cccc(OC)c1)NCc1coc(-c2cccs2)n1. The number of oxazole rings is 1. The van der Waals surface area contributed by atoms with Gasteiger partial charge in [0.05, 0.1) is 30.8 Å². The van der Waals surface area contributed by atoms with E-state index in [1.807, 2.05) is 48.7 Å². The fourth-order valence-corrected chi connectivity index (χ4v) is 3.01. The number of rotatable bonds is 7. The van der Waals surface area contributed by atoms with Crippen molar-refractivity contribution in [3.05, 3.63) is 59.3 Å². The topological polar surface area (TPSA) is 71.7 Å². The molecule has 2 heterocycles. The lowest BCUT2D eigenvalue weighted by Gasteiger charge is -2.10. The van der Waals surface area contributed by atoms with Gasteiger partial charge in [0.25, 0.3) is 0 Å². The molecule has 0 amide bonds. The molecule has 0 saturated carbocycles. The summed E-state index contributed by atoms with van der Waals surface area (Å²) in [6.07, 6.45) is 1.67. The highest BCUT2D eigenvalue weighted by atomic mass is 32.1. The van der Waals surface area contributed by atoms with Gasteiger partial charge >= 0.3 is 0 Å². The number of nitrogens with zero attached hydrogens (tertiary/aromatic N) is 2. The van der Waals surface area contributed by atoms with Crippen molar-refractivity contribution < 1.29 is 9.15 Å². The van der Waals surface area contributed by atoms with Gasteiger partial charge < -0.3 is 19.8 Å². The van der Waals surface area contributed by atoms with Crippen LogP contribution in [0.3, 0.4) is 0 Å². The molecule has 6 nitrogen and oxygen atoms in total. The van der Waals surface area contributed by atoms with Crippen LogP contribution in [0.1, 0.15) is 18.2 Å². The van der Waals surface area contributed by atoms with Gasteiger partial charge in [0.1, 0.15) is 12.0 Å². The second-order valence-corrected chi connectivity index (χ2v) is 6.47. The third-order valence-corrected chi connectivity index (χ3v) is 4.48. The Labute approximate surface area is 156 Å². The first kappa shape index (κ1) is 18.0. The molecule has 136 valence electrons. The molecule has 3 aromatic rings. The first-order valence-electron chi connectivity index (χ1n) is 8.42. The van der Waals surface area contributed by atoms with E-state index in [4.69, 9.17) is 9.15 Å². The molecule has 0 radical (unpaired) electrons. The van der Waals surface area contributed by atoms with Gasteiger partial charge in [0.2, 0.25) is 5.89 Å². The minimum atomic E-state index is 0.540. The zero-order chi connectivity index (χ0) is 18.2. The van der Waals surface area contributed by atoms with Crippen LogP contribution in [0, 0.1) is 0 Å². The van der Waals surface area contributed by atoms with Gasteiger partial charge in [0, 0.05) is 6.54 Å². The lowest BCUT2D eigenvalue weighted by atomic mass is 10.2. The fraction of sp³-hybridized carbons (Fsp3) is 0.263. The van der Waals surface area contributed by atoms with E-state index >= 15 is 0 Å². The van der Waals surface area contributed by atoms with E-state index in [9.17, 15) is 0 Å². The van der Waals surface area contributed by atoms with Crippen LogP contribution < -0.4 is 15.4 Å². The van der Waals surface area contributed by atoms with Gasteiger partial charge in [-0.15, -0.1) is 11.3 Å². The maximum absolute atomic E-state index is 5.54. The van der Waals surface area contributed by atoms with Crippen molar-refractivity contribution in [3.63, 3.8) is 0 Å². The molecule has 0 saturated heterocycles. The summed E-state index contributed by atoms with van der Waals surface area (Å²) in [5.74, 6) is 2.21. The molecular formula is C19H22N4O2S. The molecule has 0 aliphatic rings. The predicted molar refractivity (Wildman–Crippen MR) is 104 cm³/mol. The van der Waals surface area contributed by atoms with Gasteiger partial charge in [0.15, 0.2) is 5.96 Å². The lowest BCUT2D eigenvalue weighted by Crippen LogP contribution is -2.36. The summed E-state index contributed by atoms with van der Waals surface area (Å²) in [4.78, 5) is 10.1.